The zero-order valence-electron chi connectivity index (χ0n) is 14.1. The molecule has 0 aliphatic carbocycles. The highest BCUT2D eigenvalue weighted by Gasteiger charge is 2.15. The molecule has 2 aromatic carbocycles. The fourth-order valence-electron chi connectivity index (χ4n) is 1.98. The van der Waals surface area contributed by atoms with Gasteiger partial charge in [0.05, 0.1) is 17.8 Å². The molecule has 1 atom stereocenters. The number of aryl methyl sites for hydroxylation is 1. The number of halogens is 1. The van der Waals surface area contributed by atoms with Gasteiger partial charge in [0.15, 0.2) is 17.6 Å². The summed E-state index contributed by atoms with van der Waals surface area (Å²) in [6.07, 6.45) is 0.736. The summed E-state index contributed by atoms with van der Waals surface area (Å²) < 4.78 is 11.4. The number of aromatic hydroxyl groups is 1. The Morgan fingerprint density at radius 2 is 2.04 bits per heavy atom. The molecule has 7 heteroatoms. The minimum Gasteiger partial charge on any atom is -0.504 e. The molecule has 0 heterocycles. The summed E-state index contributed by atoms with van der Waals surface area (Å²) in [5.41, 5.74) is 4.18. The zero-order chi connectivity index (χ0) is 18.4. The van der Waals surface area contributed by atoms with E-state index in [1.165, 1.54) is 19.4 Å². The van der Waals surface area contributed by atoms with E-state index in [0.29, 0.717) is 17.1 Å². The highest BCUT2D eigenvalue weighted by atomic mass is 79.9. The highest BCUT2D eigenvalue weighted by Crippen LogP contribution is 2.27. The molecule has 2 N–H and O–H groups in total. The number of ether oxygens (including phenoxy) is 2. The summed E-state index contributed by atoms with van der Waals surface area (Å²) >= 11 is 3.41. The Bertz CT molecular complexity index is 793. The average molecular weight is 407 g/mol. The molecular formula is C18H19BrN2O4. The lowest BCUT2D eigenvalue weighted by molar-refractivity contribution is -0.127. The van der Waals surface area contributed by atoms with Crippen molar-refractivity contribution in [3.05, 3.63) is 52.0 Å². The number of nitrogens with zero attached hydrogens (tertiary/aromatic N) is 1. The van der Waals surface area contributed by atoms with E-state index in [0.717, 1.165) is 10.0 Å². The van der Waals surface area contributed by atoms with Crippen LogP contribution < -0.4 is 14.9 Å². The number of methoxy groups -OCH3 is 1. The zero-order valence-corrected chi connectivity index (χ0v) is 15.7. The number of nitrogens with one attached hydrogen (secondary N) is 1. The molecule has 2 rings (SSSR count). The quantitative estimate of drug-likeness (QED) is 0.568. The first-order chi connectivity index (χ1) is 11.9. The van der Waals surface area contributed by atoms with Crippen LogP contribution in [0, 0.1) is 6.92 Å². The molecule has 0 fully saturated rings. The SMILES string of the molecule is COc1cc(C=NNC(=O)[C@@H](C)Oc2ccc(C)cc2Br)ccc1O. The van der Waals surface area contributed by atoms with Crippen molar-refractivity contribution in [1.29, 1.82) is 0 Å². The molecule has 0 aromatic heterocycles. The maximum absolute atomic E-state index is 12.1. The van der Waals surface area contributed by atoms with Gasteiger partial charge in [0, 0.05) is 0 Å². The van der Waals surface area contributed by atoms with E-state index < -0.39 is 6.10 Å². The van der Waals surface area contributed by atoms with E-state index in [9.17, 15) is 9.90 Å². The number of hydrazone groups is 1. The maximum atomic E-state index is 12.1. The van der Waals surface area contributed by atoms with E-state index in [2.05, 4.69) is 26.5 Å². The molecule has 132 valence electrons. The van der Waals surface area contributed by atoms with Crippen LogP contribution in [0.1, 0.15) is 18.1 Å². The fraction of sp³-hybridized carbons (Fsp3) is 0.222. The Balaban J connectivity index is 1.94. The normalized spacial score (nSPS) is 12.0. The van der Waals surface area contributed by atoms with Crippen molar-refractivity contribution in [2.45, 2.75) is 20.0 Å². The van der Waals surface area contributed by atoms with Gasteiger partial charge < -0.3 is 14.6 Å². The smallest absolute Gasteiger partial charge is 0.280 e. The van der Waals surface area contributed by atoms with Gasteiger partial charge >= 0.3 is 0 Å². The van der Waals surface area contributed by atoms with Gasteiger partial charge in [-0.1, -0.05) is 6.07 Å². The number of carbonyl (C=O) groups is 1. The third kappa shape index (κ3) is 5.22. The Labute approximate surface area is 154 Å². The van der Waals surface area contributed by atoms with Crippen LogP contribution in [0.2, 0.25) is 0 Å². The number of hydrogen-bond donors (Lipinski definition) is 2. The maximum Gasteiger partial charge on any atom is 0.280 e. The second-order valence-electron chi connectivity index (χ2n) is 5.36. The van der Waals surface area contributed by atoms with E-state index >= 15 is 0 Å². The Kier molecular flexibility index (Phi) is 6.41. The molecule has 0 saturated heterocycles. The van der Waals surface area contributed by atoms with Crippen LogP contribution in [-0.4, -0.2) is 30.4 Å². The van der Waals surface area contributed by atoms with Crippen LogP contribution in [0.15, 0.2) is 46.0 Å². The van der Waals surface area contributed by atoms with Crippen molar-refractivity contribution >= 4 is 28.1 Å². The van der Waals surface area contributed by atoms with Gasteiger partial charge in [-0.15, -0.1) is 0 Å². The molecule has 0 spiro atoms. The van der Waals surface area contributed by atoms with Crippen molar-refractivity contribution < 1.29 is 19.4 Å². The summed E-state index contributed by atoms with van der Waals surface area (Å²) in [5, 5.41) is 13.4. The molecule has 0 aliphatic rings. The standard InChI is InChI=1S/C18H19BrN2O4/c1-11-4-7-16(14(19)8-11)25-12(2)18(23)21-20-10-13-5-6-15(22)17(9-13)24-3/h4-10,12,22H,1-3H3,(H,21,23)/t12-/m1/s1. The minimum atomic E-state index is -0.717. The summed E-state index contributed by atoms with van der Waals surface area (Å²) in [6.45, 7) is 3.61. The van der Waals surface area contributed by atoms with E-state index in [1.807, 2.05) is 19.1 Å². The first-order valence-electron chi connectivity index (χ1n) is 7.53. The number of amides is 1. The summed E-state index contributed by atoms with van der Waals surface area (Å²) in [4.78, 5) is 12.1. The number of hydrogen-bond acceptors (Lipinski definition) is 5. The van der Waals surface area contributed by atoms with Crippen LogP contribution >= 0.6 is 15.9 Å². The van der Waals surface area contributed by atoms with Crippen molar-refractivity contribution in [3.8, 4) is 17.2 Å². The number of carbonyl (C=O) groups excluding carboxylic acids is 1. The lowest BCUT2D eigenvalue weighted by Crippen LogP contribution is -2.33. The molecule has 0 radical (unpaired) electrons. The third-order valence-corrected chi connectivity index (χ3v) is 3.97. The molecule has 1 amide bonds. The summed E-state index contributed by atoms with van der Waals surface area (Å²) in [6, 6.07) is 10.4. The second-order valence-corrected chi connectivity index (χ2v) is 6.21. The molecule has 0 unspecified atom stereocenters. The van der Waals surface area contributed by atoms with Gasteiger partial charge in [-0.25, -0.2) is 5.43 Å². The van der Waals surface area contributed by atoms with Crippen LogP contribution in [0.5, 0.6) is 17.2 Å². The molecule has 0 saturated carbocycles. The molecule has 6 nitrogen and oxygen atoms in total. The van der Waals surface area contributed by atoms with Crippen LogP contribution in [0.3, 0.4) is 0 Å². The number of phenols is 1. The molecule has 0 aliphatic heterocycles. The van der Waals surface area contributed by atoms with Crippen molar-refractivity contribution in [2.75, 3.05) is 7.11 Å². The van der Waals surface area contributed by atoms with Crippen molar-refractivity contribution in [2.24, 2.45) is 5.10 Å². The first-order valence-corrected chi connectivity index (χ1v) is 8.32. The van der Waals surface area contributed by atoms with Gasteiger partial charge in [0.2, 0.25) is 0 Å². The summed E-state index contributed by atoms with van der Waals surface area (Å²) in [7, 11) is 1.46. The third-order valence-electron chi connectivity index (χ3n) is 3.35. The number of rotatable bonds is 6. The van der Waals surface area contributed by atoms with Gasteiger partial charge in [-0.2, -0.15) is 5.10 Å². The van der Waals surface area contributed by atoms with Gasteiger partial charge in [0.25, 0.3) is 5.91 Å². The molecular weight excluding hydrogens is 388 g/mol. The van der Waals surface area contributed by atoms with E-state index in [1.54, 1.807) is 25.1 Å². The molecule has 25 heavy (non-hydrogen) atoms. The van der Waals surface area contributed by atoms with Gasteiger partial charge in [-0.05, 0) is 71.2 Å². The Hall–Kier alpha value is -2.54. The van der Waals surface area contributed by atoms with Crippen molar-refractivity contribution in [3.63, 3.8) is 0 Å². The predicted octanol–water partition coefficient (Wildman–Crippen LogP) is 3.39. The predicted molar refractivity (Wildman–Crippen MR) is 99.4 cm³/mol. The van der Waals surface area contributed by atoms with Crippen LogP contribution in [0.25, 0.3) is 0 Å². The van der Waals surface area contributed by atoms with Crippen LogP contribution in [-0.2, 0) is 4.79 Å². The molecule has 0 bridgehead atoms. The van der Waals surface area contributed by atoms with Crippen molar-refractivity contribution in [1.82, 2.24) is 5.43 Å². The first kappa shape index (κ1) is 18.8. The highest BCUT2D eigenvalue weighted by molar-refractivity contribution is 9.10. The van der Waals surface area contributed by atoms with Gasteiger partial charge in [-0.3, -0.25) is 4.79 Å². The fourth-order valence-corrected chi connectivity index (χ4v) is 2.57. The lowest BCUT2D eigenvalue weighted by Gasteiger charge is -2.14. The van der Waals surface area contributed by atoms with E-state index in [-0.39, 0.29) is 11.7 Å². The van der Waals surface area contributed by atoms with Gasteiger partial charge in [0.1, 0.15) is 5.75 Å². The lowest BCUT2D eigenvalue weighted by atomic mass is 10.2. The monoisotopic (exact) mass is 406 g/mol. The minimum absolute atomic E-state index is 0.0365. The molecule has 2 aromatic rings. The van der Waals surface area contributed by atoms with E-state index in [4.69, 9.17) is 9.47 Å². The topological polar surface area (TPSA) is 80.2 Å². The second kappa shape index (κ2) is 8.53. The van der Waals surface area contributed by atoms with Crippen LogP contribution in [0.4, 0.5) is 0 Å². The largest absolute Gasteiger partial charge is 0.504 e. The summed E-state index contributed by atoms with van der Waals surface area (Å²) in [5.74, 6) is 0.570. The number of phenolic OH excluding ortho intramolecular Hbond substituents is 1. The number of benzene rings is 2. The average Bonchev–Trinajstić information content (AvgIpc) is 2.58. The Morgan fingerprint density at radius 3 is 2.72 bits per heavy atom. The Morgan fingerprint density at radius 1 is 1.28 bits per heavy atom.